The zero-order valence-corrected chi connectivity index (χ0v) is 23.0. The molecule has 0 amide bonds. The molecule has 6 atom stereocenters. The summed E-state index contributed by atoms with van der Waals surface area (Å²) in [5.41, 5.74) is 6.19. The van der Waals surface area contributed by atoms with E-state index in [4.69, 9.17) is 11.1 Å². The molecule has 3 aliphatic heterocycles. The van der Waals surface area contributed by atoms with E-state index in [1.54, 1.807) is 7.05 Å². The molecule has 11 heteroatoms. The van der Waals surface area contributed by atoms with Gasteiger partial charge in [-0.1, -0.05) is 13.8 Å². The first-order chi connectivity index (χ1) is 17.5. The molecule has 4 rings (SSSR count). The molecular weight excluding hydrogens is 481 g/mol. The van der Waals surface area contributed by atoms with Crippen molar-refractivity contribution in [2.24, 2.45) is 29.4 Å². The van der Waals surface area contributed by atoms with E-state index >= 15 is 0 Å². The minimum Gasteiger partial charge on any atom is -0.338 e. The molecule has 0 spiro atoms. The summed E-state index contributed by atoms with van der Waals surface area (Å²) in [5.74, 6) is 2.30. The van der Waals surface area contributed by atoms with Crippen LogP contribution < -0.4 is 21.7 Å². The third-order valence-corrected chi connectivity index (χ3v) is 9.50. The van der Waals surface area contributed by atoms with Crippen LogP contribution in [0.1, 0.15) is 52.4 Å². The number of hydrogen-bond donors (Lipinski definition) is 5. The highest BCUT2D eigenvalue weighted by Gasteiger charge is 2.48. The lowest BCUT2D eigenvalue weighted by Crippen LogP contribution is -2.56. The van der Waals surface area contributed by atoms with Gasteiger partial charge in [-0.2, -0.15) is 13.2 Å². The van der Waals surface area contributed by atoms with Crippen LogP contribution in [-0.2, 0) is 0 Å². The second kappa shape index (κ2) is 11.9. The predicted molar refractivity (Wildman–Crippen MR) is 141 cm³/mol. The quantitative estimate of drug-likeness (QED) is 0.328. The predicted octanol–water partition coefficient (Wildman–Crippen LogP) is 2.03. The van der Waals surface area contributed by atoms with Crippen molar-refractivity contribution in [3.05, 3.63) is 0 Å². The summed E-state index contributed by atoms with van der Waals surface area (Å²) in [5, 5.41) is 19.2. The zero-order valence-electron chi connectivity index (χ0n) is 23.0. The van der Waals surface area contributed by atoms with E-state index in [1.165, 1.54) is 12.8 Å². The third-order valence-electron chi connectivity index (χ3n) is 9.50. The number of piperidine rings is 1. The fourth-order valence-electron chi connectivity index (χ4n) is 7.35. The summed E-state index contributed by atoms with van der Waals surface area (Å²) in [6, 6.07) is -0.886. The van der Waals surface area contributed by atoms with Crippen LogP contribution in [0.3, 0.4) is 0 Å². The Labute approximate surface area is 220 Å². The number of likely N-dealkylation sites (N-methyl/N-ethyl adjacent to an activating group) is 2. The summed E-state index contributed by atoms with van der Waals surface area (Å²) in [4.78, 5) is 6.03. The van der Waals surface area contributed by atoms with E-state index in [0.29, 0.717) is 36.3 Å². The lowest BCUT2D eigenvalue weighted by Gasteiger charge is -2.39. The van der Waals surface area contributed by atoms with Gasteiger partial charge in [0.05, 0.1) is 12.2 Å². The number of nitrogens with two attached hydrogens (primary N) is 1. The van der Waals surface area contributed by atoms with E-state index in [9.17, 15) is 13.2 Å². The van der Waals surface area contributed by atoms with Gasteiger partial charge in [-0.25, -0.2) is 0 Å². The van der Waals surface area contributed by atoms with Crippen molar-refractivity contribution < 1.29 is 13.2 Å². The molecule has 4 fully saturated rings. The van der Waals surface area contributed by atoms with Gasteiger partial charge in [0.2, 0.25) is 0 Å². The number of alkyl halides is 3. The van der Waals surface area contributed by atoms with Crippen molar-refractivity contribution in [1.82, 2.24) is 30.7 Å². The summed E-state index contributed by atoms with van der Waals surface area (Å²) in [7, 11) is 3.76. The summed E-state index contributed by atoms with van der Waals surface area (Å²) >= 11 is 0. The van der Waals surface area contributed by atoms with Gasteiger partial charge in [0.15, 0.2) is 5.96 Å². The molecule has 1 saturated carbocycles. The number of rotatable bonds is 8. The molecule has 37 heavy (non-hydrogen) atoms. The van der Waals surface area contributed by atoms with Crippen molar-refractivity contribution in [2.75, 3.05) is 46.8 Å². The fraction of sp³-hybridized carbons (Fsp3) is 0.962. The van der Waals surface area contributed by atoms with Crippen molar-refractivity contribution >= 4 is 5.96 Å². The molecule has 8 nitrogen and oxygen atoms in total. The molecule has 6 unspecified atom stereocenters. The number of nitrogens with zero attached hydrogens (tertiary/aromatic N) is 3. The van der Waals surface area contributed by atoms with E-state index in [1.807, 2.05) is 16.8 Å². The molecule has 0 bridgehead atoms. The maximum absolute atomic E-state index is 13.2. The Morgan fingerprint density at radius 3 is 2.43 bits per heavy atom. The van der Waals surface area contributed by atoms with Crippen LogP contribution in [0, 0.1) is 29.1 Å². The number of halogens is 3. The Hall–Kier alpha value is -1.14. The van der Waals surface area contributed by atoms with Crippen LogP contribution >= 0.6 is 0 Å². The van der Waals surface area contributed by atoms with Gasteiger partial charge in [-0.3, -0.25) is 20.9 Å². The van der Waals surface area contributed by atoms with Crippen LogP contribution in [0.25, 0.3) is 0 Å². The maximum atomic E-state index is 13.2. The summed E-state index contributed by atoms with van der Waals surface area (Å²) in [6.07, 6.45) is 1.77. The molecule has 0 radical (unpaired) electrons. The molecule has 0 aromatic rings. The van der Waals surface area contributed by atoms with Gasteiger partial charge in [-0.15, -0.1) is 0 Å². The lowest BCUT2D eigenvalue weighted by molar-refractivity contribution is -0.150. The standard InChI is InChI=1S/C26H49F3N8/c1-16(2)22-19(6-5-11-32-22)13-33-24-20(12-30)36(4)25(31)37(24)14-17-7-9-18(10-8-17)23-34-21(15-35(23)3)26(27,28)29/h16-24,31-34H,5-15,30H2,1-4H3. The fourth-order valence-corrected chi connectivity index (χ4v) is 7.35. The highest BCUT2D eigenvalue weighted by atomic mass is 19.4. The van der Waals surface area contributed by atoms with Gasteiger partial charge in [0.1, 0.15) is 12.2 Å². The van der Waals surface area contributed by atoms with E-state index in [0.717, 1.165) is 45.3 Å². The topological polar surface area (TPSA) is 95.7 Å². The molecule has 3 heterocycles. The zero-order chi connectivity index (χ0) is 26.9. The first-order valence-electron chi connectivity index (χ1n) is 14.3. The van der Waals surface area contributed by atoms with Gasteiger partial charge in [0, 0.05) is 39.3 Å². The SMILES string of the molecule is CC(C)C1NCCCC1CNC1C(CN)N(C)C(=N)N1CC1CCC(C2NC(C(F)(F)F)CN2C)CC1. The second-order valence-corrected chi connectivity index (χ2v) is 12.3. The van der Waals surface area contributed by atoms with Crippen molar-refractivity contribution in [3.8, 4) is 0 Å². The molecule has 0 aromatic carbocycles. The van der Waals surface area contributed by atoms with E-state index in [2.05, 4.69) is 34.7 Å². The molecular formula is C26H49F3N8. The summed E-state index contributed by atoms with van der Waals surface area (Å²) in [6.45, 7) is 7.84. The lowest BCUT2D eigenvalue weighted by atomic mass is 9.80. The Balaban J connectivity index is 1.34. The third kappa shape index (κ3) is 6.37. The number of guanidine groups is 1. The molecule has 6 N–H and O–H groups in total. The Kier molecular flexibility index (Phi) is 9.31. The van der Waals surface area contributed by atoms with Crippen LogP contribution in [0.15, 0.2) is 0 Å². The molecule has 1 aliphatic carbocycles. The minimum atomic E-state index is -4.20. The molecule has 0 aromatic heterocycles. The first-order valence-corrected chi connectivity index (χ1v) is 14.3. The van der Waals surface area contributed by atoms with Crippen molar-refractivity contribution in [3.63, 3.8) is 0 Å². The largest absolute Gasteiger partial charge is 0.405 e. The van der Waals surface area contributed by atoms with Gasteiger partial charge in [-0.05, 0) is 75.8 Å². The second-order valence-electron chi connectivity index (χ2n) is 12.3. The Morgan fingerprint density at radius 2 is 1.84 bits per heavy atom. The Bertz CT molecular complexity index is 757. The highest BCUT2D eigenvalue weighted by Crippen LogP contribution is 2.36. The minimum absolute atomic E-state index is 0.00476. The molecule has 4 aliphatic rings. The Morgan fingerprint density at radius 1 is 1.14 bits per heavy atom. The van der Waals surface area contributed by atoms with Crippen LogP contribution in [-0.4, -0.2) is 104 Å². The normalized spacial score (nSPS) is 38.2. The summed E-state index contributed by atoms with van der Waals surface area (Å²) < 4.78 is 39.7. The van der Waals surface area contributed by atoms with Crippen molar-refractivity contribution in [2.45, 2.75) is 89.0 Å². The van der Waals surface area contributed by atoms with Gasteiger partial charge >= 0.3 is 6.18 Å². The number of nitrogens with one attached hydrogen (secondary N) is 4. The average molecular weight is 531 g/mol. The van der Waals surface area contributed by atoms with Gasteiger partial charge < -0.3 is 20.9 Å². The van der Waals surface area contributed by atoms with Gasteiger partial charge in [0.25, 0.3) is 0 Å². The average Bonchev–Trinajstić information content (AvgIpc) is 3.36. The first kappa shape index (κ1) is 28.9. The highest BCUT2D eigenvalue weighted by molar-refractivity contribution is 5.80. The smallest absolute Gasteiger partial charge is 0.338 e. The molecule has 3 saturated heterocycles. The maximum Gasteiger partial charge on any atom is 0.405 e. The van der Waals surface area contributed by atoms with Crippen molar-refractivity contribution in [1.29, 1.82) is 5.41 Å². The monoisotopic (exact) mass is 530 g/mol. The van der Waals surface area contributed by atoms with Crippen LogP contribution in [0.2, 0.25) is 0 Å². The number of hydrogen-bond acceptors (Lipinski definition) is 6. The van der Waals surface area contributed by atoms with Crippen LogP contribution in [0.4, 0.5) is 13.2 Å². The van der Waals surface area contributed by atoms with E-state index in [-0.39, 0.29) is 30.8 Å². The van der Waals surface area contributed by atoms with E-state index < -0.39 is 12.2 Å². The van der Waals surface area contributed by atoms with Crippen LogP contribution in [0.5, 0.6) is 0 Å². The molecule has 214 valence electrons.